The molecule has 0 aliphatic rings. The second-order valence-corrected chi connectivity index (χ2v) is 4.77. The number of aromatic nitrogens is 2. The van der Waals surface area contributed by atoms with E-state index < -0.39 is 0 Å². The zero-order valence-corrected chi connectivity index (χ0v) is 9.18. The van der Waals surface area contributed by atoms with Crippen LogP contribution >= 0.6 is 0 Å². The van der Waals surface area contributed by atoms with Crippen LogP contribution in [0, 0.1) is 6.92 Å². The number of aryl methyl sites for hydroxylation is 1. The Morgan fingerprint density at radius 3 is 2.57 bits per heavy atom. The molecule has 14 heavy (non-hydrogen) atoms. The first-order chi connectivity index (χ1) is 6.48. The second kappa shape index (κ2) is 2.84. The number of fused-ring (bicyclic) bond motifs is 1. The van der Waals surface area contributed by atoms with Gasteiger partial charge in [-0.15, -0.1) is 0 Å². The third kappa shape index (κ3) is 1.41. The highest BCUT2D eigenvalue weighted by Gasteiger charge is 2.17. The van der Waals surface area contributed by atoms with Crippen molar-refractivity contribution in [2.75, 3.05) is 0 Å². The number of hydrogen-bond donors (Lipinski definition) is 1. The predicted octanol–water partition coefficient (Wildman–Crippen LogP) is 3.17. The summed E-state index contributed by atoms with van der Waals surface area (Å²) in [4.78, 5) is 7.75. The lowest BCUT2D eigenvalue weighted by Crippen LogP contribution is -2.11. The van der Waals surface area contributed by atoms with Gasteiger partial charge in [0.15, 0.2) is 0 Å². The third-order valence-corrected chi connectivity index (χ3v) is 2.44. The Balaban J connectivity index is 2.77. The van der Waals surface area contributed by atoms with Gasteiger partial charge in [0.25, 0.3) is 0 Å². The number of H-pyrrole nitrogens is 1. The van der Waals surface area contributed by atoms with E-state index in [0.717, 1.165) is 11.3 Å². The van der Waals surface area contributed by atoms with Crippen LogP contribution in [0.15, 0.2) is 18.2 Å². The molecule has 0 saturated carbocycles. The van der Waals surface area contributed by atoms with E-state index in [0.29, 0.717) is 0 Å². The molecule has 1 aromatic carbocycles. The maximum absolute atomic E-state index is 4.43. The van der Waals surface area contributed by atoms with Gasteiger partial charge in [-0.1, -0.05) is 32.9 Å². The average Bonchev–Trinajstić information content (AvgIpc) is 2.41. The van der Waals surface area contributed by atoms with Crippen molar-refractivity contribution in [3.8, 4) is 0 Å². The Labute approximate surface area is 84.4 Å². The van der Waals surface area contributed by atoms with Gasteiger partial charge >= 0.3 is 0 Å². The smallest absolute Gasteiger partial charge is 0.104 e. The molecule has 1 heterocycles. The van der Waals surface area contributed by atoms with Gasteiger partial charge in [-0.3, -0.25) is 0 Å². The van der Waals surface area contributed by atoms with Crippen LogP contribution in [0.5, 0.6) is 0 Å². The molecule has 0 atom stereocenters. The first kappa shape index (κ1) is 9.25. The summed E-state index contributed by atoms with van der Waals surface area (Å²) in [5.41, 5.74) is 3.74. The monoisotopic (exact) mass is 188 g/mol. The van der Waals surface area contributed by atoms with Crippen molar-refractivity contribution in [2.45, 2.75) is 33.1 Å². The number of para-hydroxylation sites is 1. The van der Waals surface area contributed by atoms with Crippen LogP contribution in [0.2, 0.25) is 0 Å². The van der Waals surface area contributed by atoms with E-state index >= 15 is 0 Å². The molecule has 2 nitrogen and oxygen atoms in total. The van der Waals surface area contributed by atoms with Gasteiger partial charge in [0.1, 0.15) is 5.82 Å². The van der Waals surface area contributed by atoms with Crippen LogP contribution in [-0.2, 0) is 5.41 Å². The van der Waals surface area contributed by atoms with Crippen molar-refractivity contribution in [1.29, 1.82) is 0 Å². The molecule has 0 bridgehead atoms. The van der Waals surface area contributed by atoms with Gasteiger partial charge in [-0.25, -0.2) is 4.98 Å². The highest BCUT2D eigenvalue weighted by molar-refractivity contribution is 5.79. The molecule has 0 spiro atoms. The van der Waals surface area contributed by atoms with Crippen molar-refractivity contribution in [2.24, 2.45) is 0 Å². The summed E-state index contributed by atoms with van der Waals surface area (Å²) in [7, 11) is 0. The Bertz CT molecular complexity index is 461. The van der Waals surface area contributed by atoms with Gasteiger partial charge in [0, 0.05) is 0 Å². The van der Waals surface area contributed by atoms with E-state index in [1.54, 1.807) is 0 Å². The van der Waals surface area contributed by atoms with Crippen molar-refractivity contribution in [3.63, 3.8) is 0 Å². The van der Waals surface area contributed by atoms with Crippen LogP contribution in [0.1, 0.15) is 32.2 Å². The number of benzene rings is 1. The zero-order valence-electron chi connectivity index (χ0n) is 9.18. The van der Waals surface area contributed by atoms with Gasteiger partial charge < -0.3 is 4.98 Å². The minimum atomic E-state index is 0.165. The van der Waals surface area contributed by atoms with E-state index in [1.165, 1.54) is 11.1 Å². The Hall–Kier alpha value is -1.31. The molecule has 0 aliphatic carbocycles. The minimum Gasteiger partial charge on any atom is -0.342 e. The van der Waals surface area contributed by atoms with E-state index in [-0.39, 0.29) is 5.41 Å². The number of imidazole rings is 1. The molecule has 74 valence electrons. The normalized spacial score (nSPS) is 12.3. The number of hydrogen-bond acceptors (Lipinski definition) is 1. The number of aromatic amines is 1. The van der Waals surface area contributed by atoms with E-state index in [1.807, 2.05) is 13.0 Å². The van der Waals surface area contributed by atoms with Crippen LogP contribution in [0.25, 0.3) is 11.0 Å². The first-order valence-electron chi connectivity index (χ1n) is 4.94. The molecule has 2 heteroatoms. The van der Waals surface area contributed by atoms with Crippen molar-refractivity contribution in [1.82, 2.24) is 9.97 Å². The summed E-state index contributed by atoms with van der Waals surface area (Å²) >= 11 is 0. The molecule has 0 aliphatic heterocycles. The fraction of sp³-hybridized carbons (Fsp3) is 0.417. The maximum Gasteiger partial charge on any atom is 0.104 e. The molecule has 0 saturated heterocycles. The molecule has 1 N–H and O–H groups in total. The van der Waals surface area contributed by atoms with E-state index in [2.05, 4.69) is 42.9 Å². The number of nitrogens with zero attached hydrogens (tertiary/aromatic N) is 1. The zero-order chi connectivity index (χ0) is 10.3. The molecule has 1 aromatic heterocycles. The summed E-state index contributed by atoms with van der Waals surface area (Å²) in [5, 5.41) is 0. The molecule has 0 radical (unpaired) electrons. The summed E-state index contributed by atoms with van der Waals surface area (Å²) in [6, 6.07) is 6.29. The van der Waals surface area contributed by atoms with Gasteiger partial charge in [0.05, 0.1) is 11.0 Å². The third-order valence-electron chi connectivity index (χ3n) is 2.44. The lowest BCUT2D eigenvalue weighted by Gasteiger charge is -2.19. The Morgan fingerprint density at radius 1 is 1.21 bits per heavy atom. The fourth-order valence-corrected chi connectivity index (χ4v) is 1.78. The molecule has 2 aromatic rings. The van der Waals surface area contributed by atoms with Crippen LogP contribution < -0.4 is 0 Å². The molecule has 0 amide bonds. The van der Waals surface area contributed by atoms with Crippen molar-refractivity contribution >= 4 is 11.0 Å². The predicted molar refractivity (Wildman–Crippen MR) is 59.5 cm³/mol. The van der Waals surface area contributed by atoms with Crippen LogP contribution in [-0.4, -0.2) is 9.97 Å². The van der Waals surface area contributed by atoms with Gasteiger partial charge in [-0.2, -0.15) is 0 Å². The second-order valence-electron chi connectivity index (χ2n) is 4.77. The van der Waals surface area contributed by atoms with Crippen molar-refractivity contribution < 1.29 is 0 Å². The first-order valence-corrected chi connectivity index (χ1v) is 4.94. The lowest BCUT2D eigenvalue weighted by molar-refractivity contribution is 0.595. The summed E-state index contributed by atoms with van der Waals surface area (Å²) < 4.78 is 0. The number of rotatable bonds is 0. The summed E-state index contributed by atoms with van der Waals surface area (Å²) in [5.74, 6) is 0.983. The number of nitrogens with one attached hydrogen (secondary N) is 1. The van der Waals surface area contributed by atoms with E-state index in [4.69, 9.17) is 0 Å². The van der Waals surface area contributed by atoms with E-state index in [9.17, 15) is 0 Å². The molecule has 0 unspecified atom stereocenters. The van der Waals surface area contributed by atoms with Gasteiger partial charge in [-0.05, 0) is 24.0 Å². The SMILES string of the molecule is Cc1nc2cccc(C(C)(C)C)c2[nH]1. The average molecular weight is 188 g/mol. The summed E-state index contributed by atoms with van der Waals surface area (Å²) in [6.07, 6.45) is 0. The van der Waals surface area contributed by atoms with Crippen LogP contribution in [0.3, 0.4) is 0 Å². The largest absolute Gasteiger partial charge is 0.342 e. The molecular weight excluding hydrogens is 172 g/mol. The molecular formula is C12H16N2. The van der Waals surface area contributed by atoms with Gasteiger partial charge in [0.2, 0.25) is 0 Å². The maximum atomic E-state index is 4.43. The molecule has 2 rings (SSSR count). The van der Waals surface area contributed by atoms with Crippen molar-refractivity contribution in [3.05, 3.63) is 29.6 Å². The fourth-order valence-electron chi connectivity index (χ4n) is 1.78. The standard InChI is InChI=1S/C12H16N2/c1-8-13-10-7-5-6-9(11(10)14-8)12(2,3)4/h5-7H,1-4H3,(H,13,14). The topological polar surface area (TPSA) is 28.7 Å². The minimum absolute atomic E-state index is 0.165. The Kier molecular flexibility index (Phi) is 1.88. The summed E-state index contributed by atoms with van der Waals surface area (Å²) in [6.45, 7) is 8.65. The van der Waals surface area contributed by atoms with Crippen LogP contribution in [0.4, 0.5) is 0 Å². The highest BCUT2D eigenvalue weighted by atomic mass is 14.9. The molecule has 0 fully saturated rings. The lowest BCUT2D eigenvalue weighted by atomic mass is 9.86. The Morgan fingerprint density at radius 2 is 1.93 bits per heavy atom. The highest BCUT2D eigenvalue weighted by Crippen LogP contribution is 2.28. The quantitative estimate of drug-likeness (QED) is 0.676.